The number of fused-ring (bicyclic) bond motifs is 1. The summed E-state index contributed by atoms with van der Waals surface area (Å²) in [5, 5.41) is 8.77. The van der Waals surface area contributed by atoms with Gasteiger partial charge in [-0.15, -0.1) is 0 Å². The maximum atomic E-state index is 12.8. The molecule has 3 aromatic rings. The minimum atomic E-state index is -0.293. The Morgan fingerprint density at radius 3 is 2.64 bits per heavy atom. The number of carbonyl (C=O) groups is 2. The van der Waals surface area contributed by atoms with Gasteiger partial charge < -0.3 is 10.2 Å². The number of nitrogens with one attached hydrogen (secondary N) is 1. The predicted molar refractivity (Wildman–Crippen MR) is 101 cm³/mol. The van der Waals surface area contributed by atoms with Crippen molar-refractivity contribution in [3.63, 3.8) is 0 Å². The van der Waals surface area contributed by atoms with Crippen LogP contribution in [0.25, 0.3) is 10.8 Å². The highest BCUT2D eigenvalue weighted by atomic mass is 79.9. The maximum Gasteiger partial charge on any atom is 0.276 e. The van der Waals surface area contributed by atoms with Gasteiger partial charge in [0.2, 0.25) is 0 Å². The van der Waals surface area contributed by atoms with E-state index in [9.17, 15) is 9.59 Å². The van der Waals surface area contributed by atoms with E-state index in [-0.39, 0.29) is 17.5 Å². The number of rotatable bonds is 3. The lowest BCUT2D eigenvalue weighted by Gasteiger charge is -2.11. The van der Waals surface area contributed by atoms with Gasteiger partial charge in [-0.3, -0.25) is 14.3 Å². The molecular formula is C18H17BrN4O2. The molecule has 2 amide bonds. The summed E-state index contributed by atoms with van der Waals surface area (Å²) in [5.74, 6) is -0.562. The number of benzene rings is 2. The summed E-state index contributed by atoms with van der Waals surface area (Å²) in [6, 6.07) is 11.4. The van der Waals surface area contributed by atoms with Crippen molar-refractivity contribution in [1.29, 1.82) is 0 Å². The molecule has 0 bridgehead atoms. The zero-order valence-electron chi connectivity index (χ0n) is 14.1. The topological polar surface area (TPSA) is 67.2 Å². The summed E-state index contributed by atoms with van der Waals surface area (Å²) in [5.41, 5.74) is 1.12. The molecule has 2 aromatic carbocycles. The fourth-order valence-corrected chi connectivity index (χ4v) is 3.08. The van der Waals surface area contributed by atoms with Gasteiger partial charge in [-0.1, -0.05) is 40.2 Å². The number of hydrogen-bond donors (Lipinski definition) is 1. The number of halogens is 1. The fraction of sp³-hybridized carbons (Fsp3) is 0.167. The zero-order chi connectivity index (χ0) is 18.1. The van der Waals surface area contributed by atoms with E-state index in [4.69, 9.17) is 0 Å². The third-order valence-electron chi connectivity index (χ3n) is 3.76. The fourth-order valence-electron chi connectivity index (χ4n) is 2.60. The van der Waals surface area contributed by atoms with Crippen LogP contribution < -0.4 is 5.32 Å². The average Bonchev–Trinajstić information content (AvgIpc) is 2.93. The first-order valence-corrected chi connectivity index (χ1v) is 8.41. The summed E-state index contributed by atoms with van der Waals surface area (Å²) in [6.45, 7) is 0. The van der Waals surface area contributed by atoms with Crippen molar-refractivity contribution in [3.05, 3.63) is 58.3 Å². The van der Waals surface area contributed by atoms with Gasteiger partial charge in [-0.2, -0.15) is 5.10 Å². The number of nitrogens with zero attached hydrogens (tertiary/aromatic N) is 3. The molecule has 6 nitrogen and oxygen atoms in total. The van der Waals surface area contributed by atoms with Gasteiger partial charge in [0.05, 0.1) is 5.69 Å². The highest BCUT2D eigenvalue weighted by Gasteiger charge is 2.21. The summed E-state index contributed by atoms with van der Waals surface area (Å²) >= 11 is 3.44. The summed E-state index contributed by atoms with van der Waals surface area (Å²) in [6.07, 6.45) is 1.62. The predicted octanol–water partition coefficient (Wildman–Crippen LogP) is 3.29. The number of aromatic nitrogens is 2. The molecule has 1 N–H and O–H groups in total. The highest BCUT2D eigenvalue weighted by Crippen LogP contribution is 2.25. The number of carbonyl (C=O) groups excluding carboxylic acids is 2. The Balaban J connectivity index is 2.01. The second-order valence-electron chi connectivity index (χ2n) is 5.89. The van der Waals surface area contributed by atoms with Crippen molar-refractivity contribution >= 4 is 44.2 Å². The van der Waals surface area contributed by atoms with Crippen molar-refractivity contribution in [2.24, 2.45) is 7.05 Å². The quantitative estimate of drug-likeness (QED) is 0.733. The van der Waals surface area contributed by atoms with E-state index in [1.807, 2.05) is 30.3 Å². The molecule has 0 radical (unpaired) electrons. The molecule has 1 aromatic heterocycles. The number of aryl methyl sites for hydroxylation is 1. The first-order chi connectivity index (χ1) is 11.9. The maximum absolute atomic E-state index is 12.8. The van der Waals surface area contributed by atoms with Crippen LogP contribution >= 0.6 is 15.9 Å². The summed E-state index contributed by atoms with van der Waals surface area (Å²) in [4.78, 5) is 26.5. The first-order valence-electron chi connectivity index (χ1n) is 7.62. The molecule has 1 heterocycles. The smallest absolute Gasteiger partial charge is 0.276 e. The van der Waals surface area contributed by atoms with Crippen LogP contribution in [0.4, 0.5) is 5.69 Å². The minimum absolute atomic E-state index is 0.208. The molecule has 0 atom stereocenters. The van der Waals surface area contributed by atoms with Crippen LogP contribution in [-0.4, -0.2) is 40.6 Å². The Kier molecular flexibility index (Phi) is 4.59. The molecular weight excluding hydrogens is 384 g/mol. The van der Waals surface area contributed by atoms with E-state index in [1.54, 1.807) is 33.4 Å². The van der Waals surface area contributed by atoms with Crippen LogP contribution in [0.5, 0.6) is 0 Å². The Hall–Kier alpha value is -2.67. The van der Waals surface area contributed by atoms with E-state index in [2.05, 4.69) is 26.3 Å². The van der Waals surface area contributed by atoms with Crippen molar-refractivity contribution in [1.82, 2.24) is 14.7 Å². The van der Waals surface area contributed by atoms with Crippen LogP contribution in [0.1, 0.15) is 20.8 Å². The van der Waals surface area contributed by atoms with Crippen molar-refractivity contribution < 1.29 is 9.59 Å². The number of amides is 2. The SMILES string of the molecule is CN(C)C(=O)c1nn(C)cc1NC(=O)c1cc(Br)cc2ccccc12. The molecule has 0 spiro atoms. The molecule has 128 valence electrons. The van der Waals surface area contributed by atoms with E-state index in [0.717, 1.165) is 15.2 Å². The monoisotopic (exact) mass is 400 g/mol. The van der Waals surface area contributed by atoms with Crippen LogP contribution in [0.3, 0.4) is 0 Å². The minimum Gasteiger partial charge on any atom is -0.343 e. The van der Waals surface area contributed by atoms with Gasteiger partial charge in [0, 0.05) is 37.4 Å². The molecule has 25 heavy (non-hydrogen) atoms. The Morgan fingerprint density at radius 2 is 1.92 bits per heavy atom. The second kappa shape index (κ2) is 6.68. The first kappa shape index (κ1) is 17.2. The van der Waals surface area contributed by atoms with Crippen LogP contribution in [0.2, 0.25) is 0 Å². The Bertz CT molecular complexity index is 978. The Labute approximate surface area is 153 Å². The van der Waals surface area contributed by atoms with Crippen molar-refractivity contribution in [2.75, 3.05) is 19.4 Å². The van der Waals surface area contributed by atoms with Gasteiger partial charge in [0.15, 0.2) is 5.69 Å². The van der Waals surface area contributed by atoms with E-state index in [1.165, 1.54) is 9.58 Å². The van der Waals surface area contributed by atoms with E-state index >= 15 is 0 Å². The third-order valence-corrected chi connectivity index (χ3v) is 4.21. The highest BCUT2D eigenvalue weighted by molar-refractivity contribution is 9.10. The average molecular weight is 401 g/mol. The lowest BCUT2D eigenvalue weighted by Crippen LogP contribution is -2.24. The Morgan fingerprint density at radius 1 is 1.20 bits per heavy atom. The largest absolute Gasteiger partial charge is 0.343 e. The van der Waals surface area contributed by atoms with Gasteiger partial charge >= 0.3 is 0 Å². The van der Waals surface area contributed by atoms with Crippen LogP contribution in [0, 0.1) is 0 Å². The standard InChI is InChI=1S/C18H17BrN4O2/c1-22(2)18(25)16-15(10-23(3)21-16)20-17(24)14-9-12(19)8-11-6-4-5-7-13(11)14/h4-10H,1-3H3,(H,20,24). The number of hydrogen-bond acceptors (Lipinski definition) is 3. The lowest BCUT2D eigenvalue weighted by atomic mass is 10.0. The molecule has 0 saturated heterocycles. The molecule has 7 heteroatoms. The molecule has 0 aliphatic rings. The van der Waals surface area contributed by atoms with Gasteiger partial charge in [-0.05, 0) is 22.9 Å². The normalized spacial score (nSPS) is 10.7. The third kappa shape index (κ3) is 3.41. The zero-order valence-corrected chi connectivity index (χ0v) is 15.7. The van der Waals surface area contributed by atoms with Gasteiger partial charge in [-0.25, -0.2) is 0 Å². The molecule has 0 saturated carbocycles. The molecule has 0 unspecified atom stereocenters. The second-order valence-corrected chi connectivity index (χ2v) is 6.81. The van der Waals surface area contributed by atoms with Crippen LogP contribution in [0.15, 0.2) is 47.1 Å². The molecule has 0 aliphatic heterocycles. The van der Waals surface area contributed by atoms with Gasteiger partial charge in [0.1, 0.15) is 0 Å². The summed E-state index contributed by atoms with van der Waals surface area (Å²) in [7, 11) is 4.99. The van der Waals surface area contributed by atoms with E-state index < -0.39 is 0 Å². The van der Waals surface area contributed by atoms with Crippen LogP contribution in [-0.2, 0) is 7.05 Å². The lowest BCUT2D eigenvalue weighted by molar-refractivity contribution is 0.0822. The summed E-state index contributed by atoms with van der Waals surface area (Å²) < 4.78 is 2.32. The van der Waals surface area contributed by atoms with E-state index in [0.29, 0.717) is 11.3 Å². The van der Waals surface area contributed by atoms with Gasteiger partial charge in [0.25, 0.3) is 11.8 Å². The van der Waals surface area contributed by atoms with Crippen molar-refractivity contribution in [3.8, 4) is 0 Å². The molecule has 3 rings (SSSR count). The number of anilines is 1. The molecule has 0 aliphatic carbocycles. The molecule has 0 fully saturated rings. The van der Waals surface area contributed by atoms with Crippen molar-refractivity contribution in [2.45, 2.75) is 0 Å².